The molecule has 1 atom stereocenters. The number of fused-ring (bicyclic) bond motifs is 1. The molecule has 4 aromatic rings. The van der Waals surface area contributed by atoms with E-state index in [4.69, 9.17) is 4.98 Å². The van der Waals surface area contributed by atoms with Crippen LogP contribution in [0, 0.1) is 12.8 Å². The summed E-state index contributed by atoms with van der Waals surface area (Å²) < 4.78 is 2.35. The van der Waals surface area contributed by atoms with Crippen molar-refractivity contribution in [2.45, 2.75) is 26.3 Å². The smallest absolute Gasteiger partial charge is 0.142 e. The van der Waals surface area contributed by atoms with E-state index in [1.165, 1.54) is 48.1 Å². The highest BCUT2D eigenvalue weighted by Crippen LogP contribution is 2.25. The summed E-state index contributed by atoms with van der Waals surface area (Å²) in [7, 11) is 0. The average molecular weight is 480 g/mol. The van der Waals surface area contributed by atoms with E-state index in [1.807, 2.05) is 0 Å². The van der Waals surface area contributed by atoms with Gasteiger partial charge < -0.3 is 19.3 Å². The van der Waals surface area contributed by atoms with Crippen LogP contribution in [-0.2, 0) is 13.0 Å². The zero-order chi connectivity index (χ0) is 24.3. The highest BCUT2D eigenvalue weighted by atomic mass is 15.3. The zero-order valence-electron chi connectivity index (χ0n) is 21.4. The molecule has 2 aliphatic heterocycles. The normalized spacial score (nSPS) is 18.9. The molecule has 0 saturated carbocycles. The summed E-state index contributed by atoms with van der Waals surface area (Å²) in [6, 6.07) is 26.3. The zero-order valence-corrected chi connectivity index (χ0v) is 21.4. The fourth-order valence-corrected chi connectivity index (χ4v) is 5.98. The van der Waals surface area contributed by atoms with Gasteiger partial charge in [0.1, 0.15) is 11.5 Å². The molecule has 2 saturated heterocycles. The van der Waals surface area contributed by atoms with Crippen molar-refractivity contribution in [3.63, 3.8) is 0 Å². The topological polar surface area (TPSA) is 27.5 Å². The van der Waals surface area contributed by atoms with Crippen LogP contribution in [0.25, 0.3) is 11.0 Å². The minimum Gasteiger partial charge on any atom is -0.368 e. The third-order valence-electron chi connectivity index (χ3n) is 8.05. The van der Waals surface area contributed by atoms with Crippen molar-refractivity contribution in [2.75, 3.05) is 55.6 Å². The van der Waals surface area contributed by atoms with Gasteiger partial charge in [-0.15, -0.1) is 0 Å². The molecule has 5 nitrogen and oxygen atoms in total. The van der Waals surface area contributed by atoms with Crippen LogP contribution >= 0.6 is 0 Å². The molecule has 186 valence electrons. The summed E-state index contributed by atoms with van der Waals surface area (Å²) in [5, 5.41) is 1.24. The molecule has 0 N–H and O–H groups in total. The van der Waals surface area contributed by atoms with Crippen molar-refractivity contribution in [3.05, 3.63) is 90.1 Å². The van der Waals surface area contributed by atoms with Crippen LogP contribution in [-0.4, -0.2) is 60.3 Å². The first kappa shape index (κ1) is 23.1. The summed E-state index contributed by atoms with van der Waals surface area (Å²) in [6.45, 7) is 10.8. The predicted molar refractivity (Wildman–Crippen MR) is 150 cm³/mol. The molecule has 2 fully saturated rings. The fraction of sp³-hybridized carbons (Fsp3) is 0.387. The van der Waals surface area contributed by atoms with Gasteiger partial charge in [0.15, 0.2) is 0 Å². The van der Waals surface area contributed by atoms with E-state index in [-0.39, 0.29) is 0 Å². The Morgan fingerprint density at radius 2 is 1.56 bits per heavy atom. The minimum absolute atomic E-state index is 0.775. The molecule has 4 heterocycles. The molecule has 2 aromatic heterocycles. The lowest BCUT2D eigenvalue weighted by atomic mass is 9.99. The number of hydrogen-bond donors (Lipinski definition) is 0. The number of nitrogens with zero attached hydrogens (tertiary/aromatic N) is 5. The summed E-state index contributed by atoms with van der Waals surface area (Å²) in [5.41, 5.74) is 5.31. The van der Waals surface area contributed by atoms with E-state index < -0.39 is 0 Å². The van der Waals surface area contributed by atoms with Gasteiger partial charge in [-0.2, -0.15) is 0 Å². The first-order chi connectivity index (χ1) is 17.7. The summed E-state index contributed by atoms with van der Waals surface area (Å²) in [4.78, 5) is 12.7. The summed E-state index contributed by atoms with van der Waals surface area (Å²) in [5.74, 6) is 1.88. The van der Waals surface area contributed by atoms with Gasteiger partial charge in [-0.1, -0.05) is 48.5 Å². The van der Waals surface area contributed by atoms with Crippen LogP contribution < -0.4 is 9.80 Å². The number of benzene rings is 2. The van der Waals surface area contributed by atoms with Crippen LogP contribution in [0.3, 0.4) is 0 Å². The second-order valence-electron chi connectivity index (χ2n) is 10.5. The third kappa shape index (κ3) is 4.98. The molecule has 1 unspecified atom stereocenters. The molecular formula is C31H37N5. The SMILES string of the molecule is Cc1ccccc1N1CCN(c2ccc3ccn(CCN4CCC(Cc5ccccc5)C4)c3n2)CC1. The Balaban J connectivity index is 1.07. The summed E-state index contributed by atoms with van der Waals surface area (Å²) in [6.07, 6.45) is 4.72. The highest BCUT2D eigenvalue weighted by molar-refractivity contribution is 5.78. The van der Waals surface area contributed by atoms with E-state index in [9.17, 15) is 0 Å². The van der Waals surface area contributed by atoms with E-state index in [0.717, 1.165) is 56.7 Å². The van der Waals surface area contributed by atoms with E-state index in [1.54, 1.807) is 0 Å². The number of likely N-dealkylation sites (tertiary alicyclic amines) is 1. The van der Waals surface area contributed by atoms with Gasteiger partial charge in [-0.25, -0.2) is 4.98 Å². The predicted octanol–water partition coefficient (Wildman–Crippen LogP) is 5.24. The molecule has 2 aliphatic rings. The van der Waals surface area contributed by atoms with Gasteiger partial charge in [0.05, 0.1) is 0 Å². The van der Waals surface area contributed by atoms with Gasteiger partial charge in [-0.3, -0.25) is 0 Å². The second kappa shape index (κ2) is 10.4. The number of pyridine rings is 1. The van der Waals surface area contributed by atoms with Crippen LogP contribution in [0.1, 0.15) is 17.5 Å². The molecule has 36 heavy (non-hydrogen) atoms. The Kier molecular flexibility index (Phi) is 6.65. The van der Waals surface area contributed by atoms with Crippen molar-refractivity contribution in [1.82, 2.24) is 14.5 Å². The monoisotopic (exact) mass is 479 g/mol. The number of anilines is 2. The lowest BCUT2D eigenvalue weighted by Crippen LogP contribution is -2.47. The Bertz CT molecular complexity index is 1290. The lowest BCUT2D eigenvalue weighted by Gasteiger charge is -2.37. The average Bonchev–Trinajstić information content (AvgIpc) is 3.54. The van der Waals surface area contributed by atoms with Crippen molar-refractivity contribution in [3.8, 4) is 0 Å². The number of hydrogen-bond acceptors (Lipinski definition) is 4. The highest BCUT2D eigenvalue weighted by Gasteiger charge is 2.23. The molecular weight excluding hydrogens is 442 g/mol. The van der Waals surface area contributed by atoms with Crippen LogP contribution in [0.5, 0.6) is 0 Å². The first-order valence-electron chi connectivity index (χ1n) is 13.5. The number of aryl methyl sites for hydroxylation is 1. The lowest BCUT2D eigenvalue weighted by molar-refractivity contribution is 0.311. The Labute approximate surface area is 215 Å². The molecule has 0 bridgehead atoms. The number of aromatic nitrogens is 2. The van der Waals surface area contributed by atoms with Gasteiger partial charge in [0.2, 0.25) is 0 Å². The molecule has 5 heteroatoms. The maximum absolute atomic E-state index is 5.14. The van der Waals surface area contributed by atoms with Crippen molar-refractivity contribution in [2.24, 2.45) is 5.92 Å². The standard InChI is InChI=1S/C31H37N5/c1-25-7-5-6-10-29(25)34-19-21-35(22-20-34)30-12-11-28-14-16-36(31(28)32-30)18-17-33-15-13-27(24-33)23-26-8-3-2-4-9-26/h2-12,14,16,27H,13,15,17-24H2,1H3. The molecule has 6 rings (SSSR count). The minimum atomic E-state index is 0.775. The second-order valence-corrected chi connectivity index (χ2v) is 10.5. The van der Waals surface area contributed by atoms with Gasteiger partial charge in [-0.05, 0) is 67.6 Å². The van der Waals surface area contributed by atoms with Crippen molar-refractivity contribution < 1.29 is 0 Å². The van der Waals surface area contributed by atoms with E-state index in [0.29, 0.717) is 0 Å². The molecule has 0 amide bonds. The molecule has 0 aliphatic carbocycles. The first-order valence-corrected chi connectivity index (χ1v) is 13.5. The van der Waals surface area contributed by atoms with Crippen molar-refractivity contribution >= 4 is 22.5 Å². The van der Waals surface area contributed by atoms with E-state index >= 15 is 0 Å². The van der Waals surface area contributed by atoms with Crippen LogP contribution in [0.2, 0.25) is 0 Å². The Morgan fingerprint density at radius 3 is 2.39 bits per heavy atom. The maximum atomic E-state index is 5.14. The molecule has 0 radical (unpaired) electrons. The van der Waals surface area contributed by atoms with Gasteiger partial charge >= 0.3 is 0 Å². The van der Waals surface area contributed by atoms with Gasteiger partial charge in [0.25, 0.3) is 0 Å². The quantitative estimate of drug-likeness (QED) is 0.363. The van der Waals surface area contributed by atoms with Crippen LogP contribution in [0.15, 0.2) is 79.0 Å². The molecule has 2 aromatic carbocycles. The fourth-order valence-electron chi connectivity index (χ4n) is 5.98. The van der Waals surface area contributed by atoms with E-state index in [2.05, 4.69) is 105 Å². The largest absolute Gasteiger partial charge is 0.368 e. The maximum Gasteiger partial charge on any atom is 0.142 e. The number of rotatable bonds is 7. The van der Waals surface area contributed by atoms with Crippen LogP contribution in [0.4, 0.5) is 11.5 Å². The Hall–Kier alpha value is -3.31. The number of para-hydroxylation sites is 1. The Morgan fingerprint density at radius 1 is 0.778 bits per heavy atom. The molecule has 0 spiro atoms. The van der Waals surface area contributed by atoms with Crippen molar-refractivity contribution in [1.29, 1.82) is 0 Å². The third-order valence-corrected chi connectivity index (χ3v) is 8.05. The summed E-state index contributed by atoms with van der Waals surface area (Å²) >= 11 is 0. The van der Waals surface area contributed by atoms with Gasteiger partial charge in [0, 0.05) is 63.1 Å². The number of piperazine rings is 1.